The second-order valence-electron chi connectivity index (χ2n) is 4.23. The number of ether oxygens (including phenoxy) is 1. The largest absolute Gasteiger partial charge is 0.431 e. The zero-order valence-corrected chi connectivity index (χ0v) is 13.6. The summed E-state index contributed by atoms with van der Waals surface area (Å²) in [5.41, 5.74) is 0.471. The van der Waals surface area contributed by atoms with Gasteiger partial charge in [0.05, 0.1) is 4.92 Å². The van der Waals surface area contributed by atoms with Crippen molar-refractivity contribution in [2.24, 2.45) is 0 Å². The Balaban J connectivity index is 2.48. The molecule has 21 heavy (non-hydrogen) atoms. The first-order chi connectivity index (χ1) is 9.90. The SMILES string of the molecule is CCc1nc(Cl)cc(Oc2c(C)cc(Br)cc2[N+](=O)[O-])n1. The predicted octanol–water partition coefficient (Wildman–Crippen LogP) is 4.46. The van der Waals surface area contributed by atoms with Gasteiger partial charge in [-0.25, -0.2) is 4.98 Å². The first-order valence-electron chi connectivity index (χ1n) is 6.06. The molecule has 2 aromatic rings. The van der Waals surface area contributed by atoms with Crippen LogP contribution in [0.1, 0.15) is 18.3 Å². The molecule has 0 amide bonds. The van der Waals surface area contributed by atoms with Crippen molar-refractivity contribution in [1.82, 2.24) is 9.97 Å². The monoisotopic (exact) mass is 371 g/mol. The Morgan fingerprint density at radius 2 is 2.10 bits per heavy atom. The van der Waals surface area contributed by atoms with E-state index in [1.165, 1.54) is 12.1 Å². The molecular weight excluding hydrogens is 362 g/mol. The maximum Gasteiger partial charge on any atom is 0.313 e. The van der Waals surface area contributed by atoms with Crippen molar-refractivity contribution >= 4 is 33.2 Å². The van der Waals surface area contributed by atoms with Crippen molar-refractivity contribution < 1.29 is 9.66 Å². The molecule has 0 saturated heterocycles. The number of rotatable bonds is 4. The standard InChI is InChI=1S/C13H11BrClN3O3/c1-3-11-16-10(15)6-12(17-11)21-13-7(2)4-8(14)5-9(13)18(19)20/h4-6H,3H2,1-2H3. The second-order valence-corrected chi connectivity index (χ2v) is 5.53. The minimum Gasteiger partial charge on any atom is -0.431 e. The highest BCUT2D eigenvalue weighted by Crippen LogP contribution is 2.37. The first-order valence-corrected chi connectivity index (χ1v) is 7.23. The number of hydrogen-bond donors (Lipinski definition) is 0. The summed E-state index contributed by atoms with van der Waals surface area (Å²) >= 11 is 9.12. The summed E-state index contributed by atoms with van der Waals surface area (Å²) in [6.07, 6.45) is 0.582. The van der Waals surface area contributed by atoms with E-state index in [4.69, 9.17) is 16.3 Å². The van der Waals surface area contributed by atoms with Crippen molar-refractivity contribution in [1.29, 1.82) is 0 Å². The van der Waals surface area contributed by atoms with E-state index in [1.54, 1.807) is 13.0 Å². The topological polar surface area (TPSA) is 78.2 Å². The lowest BCUT2D eigenvalue weighted by Gasteiger charge is -2.10. The zero-order valence-electron chi connectivity index (χ0n) is 11.3. The van der Waals surface area contributed by atoms with Crippen LogP contribution in [-0.2, 0) is 6.42 Å². The summed E-state index contributed by atoms with van der Waals surface area (Å²) in [5, 5.41) is 11.4. The van der Waals surface area contributed by atoms with E-state index in [-0.39, 0.29) is 22.5 Å². The van der Waals surface area contributed by atoms with E-state index in [1.807, 2.05) is 6.92 Å². The number of nitro groups is 1. The van der Waals surface area contributed by atoms with Crippen molar-refractivity contribution in [2.45, 2.75) is 20.3 Å². The van der Waals surface area contributed by atoms with Crippen molar-refractivity contribution in [2.75, 3.05) is 0 Å². The van der Waals surface area contributed by atoms with Gasteiger partial charge >= 0.3 is 5.69 Å². The molecule has 0 unspecified atom stereocenters. The highest BCUT2D eigenvalue weighted by molar-refractivity contribution is 9.10. The number of aromatic nitrogens is 2. The molecule has 2 rings (SSSR count). The van der Waals surface area contributed by atoms with Gasteiger partial charge in [-0.2, -0.15) is 4.98 Å². The number of hydrogen-bond acceptors (Lipinski definition) is 5. The maximum atomic E-state index is 11.2. The van der Waals surface area contributed by atoms with Crippen LogP contribution in [0.25, 0.3) is 0 Å². The fourth-order valence-electron chi connectivity index (χ4n) is 1.74. The van der Waals surface area contributed by atoms with Crippen LogP contribution in [-0.4, -0.2) is 14.9 Å². The number of aryl methyl sites for hydroxylation is 2. The molecule has 8 heteroatoms. The van der Waals surface area contributed by atoms with E-state index < -0.39 is 4.92 Å². The van der Waals surface area contributed by atoms with Gasteiger partial charge in [-0.15, -0.1) is 0 Å². The normalized spacial score (nSPS) is 10.5. The molecule has 1 heterocycles. The molecule has 6 nitrogen and oxygen atoms in total. The molecule has 1 aromatic carbocycles. The first kappa shape index (κ1) is 15.7. The van der Waals surface area contributed by atoms with Gasteiger partial charge in [0.2, 0.25) is 11.6 Å². The minimum atomic E-state index is -0.503. The van der Waals surface area contributed by atoms with Crippen LogP contribution < -0.4 is 4.74 Å². The van der Waals surface area contributed by atoms with Gasteiger partial charge in [0.25, 0.3) is 0 Å². The summed E-state index contributed by atoms with van der Waals surface area (Å²) < 4.78 is 6.19. The predicted molar refractivity (Wildman–Crippen MR) is 82.0 cm³/mol. The lowest BCUT2D eigenvalue weighted by molar-refractivity contribution is -0.385. The summed E-state index contributed by atoms with van der Waals surface area (Å²) in [5.74, 6) is 0.829. The Morgan fingerprint density at radius 1 is 1.38 bits per heavy atom. The Bertz CT molecular complexity index is 709. The summed E-state index contributed by atoms with van der Waals surface area (Å²) in [6, 6.07) is 4.53. The molecule has 0 aliphatic rings. The molecule has 0 aliphatic heterocycles. The number of nitrogens with zero attached hydrogens (tertiary/aromatic N) is 3. The summed E-state index contributed by atoms with van der Waals surface area (Å²) in [6.45, 7) is 3.60. The van der Waals surface area contributed by atoms with E-state index in [9.17, 15) is 10.1 Å². The van der Waals surface area contributed by atoms with Gasteiger partial charge in [-0.3, -0.25) is 10.1 Å². The van der Waals surface area contributed by atoms with Gasteiger partial charge in [0, 0.05) is 28.6 Å². The van der Waals surface area contributed by atoms with E-state index in [0.717, 1.165) is 0 Å². The molecule has 0 fully saturated rings. The molecule has 0 bridgehead atoms. The van der Waals surface area contributed by atoms with Crippen LogP contribution in [0.4, 0.5) is 5.69 Å². The number of benzene rings is 1. The van der Waals surface area contributed by atoms with Crippen LogP contribution in [0.5, 0.6) is 11.6 Å². The molecule has 0 N–H and O–H groups in total. The molecule has 0 atom stereocenters. The van der Waals surface area contributed by atoms with E-state index in [0.29, 0.717) is 22.3 Å². The van der Waals surface area contributed by atoms with Crippen LogP contribution in [0, 0.1) is 17.0 Å². The lowest BCUT2D eigenvalue weighted by Crippen LogP contribution is -2.00. The maximum absolute atomic E-state index is 11.2. The van der Waals surface area contributed by atoms with Crippen molar-refractivity contribution in [3.8, 4) is 11.6 Å². The number of halogens is 2. The molecule has 0 spiro atoms. The highest BCUT2D eigenvalue weighted by atomic mass is 79.9. The average molecular weight is 373 g/mol. The smallest absolute Gasteiger partial charge is 0.313 e. The molecular formula is C13H11BrClN3O3. The lowest BCUT2D eigenvalue weighted by atomic mass is 10.2. The average Bonchev–Trinajstić information content (AvgIpc) is 2.40. The van der Waals surface area contributed by atoms with E-state index >= 15 is 0 Å². The van der Waals surface area contributed by atoms with Gasteiger partial charge < -0.3 is 4.74 Å². The van der Waals surface area contributed by atoms with Gasteiger partial charge in [0.1, 0.15) is 11.0 Å². The third kappa shape index (κ3) is 3.68. The highest BCUT2D eigenvalue weighted by Gasteiger charge is 2.20. The molecule has 0 saturated carbocycles. The quantitative estimate of drug-likeness (QED) is 0.449. The van der Waals surface area contributed by atoms with Crippen LogP contribution in [0.3, 0.4) is 0 Å². The molecule has 1 aromatic heterocycles. The number of nitro benzene ring substituents is 1. The minimum absolute atomic E-state index is 0.139. The van der Waals surface area contributed by atoms with E-state index in [2.05, 4.69) is 25.9 Å². The third-order valence-corrected chi connectivity index (χ3v) is 3.31. The van der Waals surface area contributed by atoms with Gasteiger partial charge in [-0.1, -0.05) is 34.5 Å². The second kappa shape index (κ2) is 6.36. The Hall–Kier alpha value is -1.73. The Labute approximate surface area is 134 Å². The Morgan fingerprint density at radius 3 is 2.71 bits per heavy atom. The van der Waals surface area contributed by atoms with Crippen LogP contribution in [0.2, 0.25) is 5.15 Å². The van der Waals surface area contributed by atoms with Crippen LogP contribution >= 0.6 is 27.5 Å². The summed E-state index contributed by atoms with van der Waals surface area (Å²) in [7, 11) is 0. The molecule has 0 aliphatic carbocycles. The fourth-order valence-corrected chi connectivity index (χ4v) is 2.49. The fraction of sp³-hybridized carbons (Fsp3) is 0.231. The molecule has 110 valence electrons. The summed E-state index contributed by atoms with van der Waals surface area (Å²) in [4.78, 5) is 18.8. The Kier molecular flexibility index (Phi) is 4.74. The van der Waals surface area contributed by atoms with Crippen molar-refractivity contribution in [3.05, 3.63) is 49.3 Å². The third-order valence-electron chi connectivity index (χ3n) is 2.66. The molecule has 0 radical (unpaired) electrons. The van der Waals surface area contributed by atoms with Gasteiger partial charge in [0.15, 0.2) is 0 Å². The van der Waals surface area contributed by atoms with Crippen LogP contribution in [0.15, 0.2) is 22.7 Å². The van der Waals surface area contributed by atoms with Crippen molar-refractivity contribution in [3.63, 3.8) is 0 Å². The zero-order chi connectivity index (χ0) is 15.6. The van der Waals surface area contributed by atoms with Gasteiger partial charge in [-0.05, 0) is 13.0 Å².